The van der Waals surface area contributed by atoms with Gasteiger partial charge >= 0.3 is 0 Å². The van der Waals surface area contributed by atoms with Crippen LogP contribution in [0.15, 0.2) is 61.2 Å². The fourth-order valence-corrected chi connectivity index (χ4v) is 5.54. The number of carbonyl (C=O) groups excluding carboxylic acids is 1. The molecule has 35 heavy (non-hydrogen) atoms. The minimum atomic E-state index is -1.92. The first-order valence-electron chi connectivity index (χ1n) is 10.7. The maximum atomic E-state index is 14.9. The van der Waals surface area contributed by atoms with Gasteiger partial charge in [-0.2, -0.15) is 10.4 Å². The van der Waals surface area contributed by atoms with Crippen molar-refractivity contribution in [3.05, 3.63) is 94.4 Å². The molecule has 176 valence electrons. The predicted octanol–water partition coefficient (Wildman–Crippen LogP) is 4.09. The minimum absolute atomic E-state index is 0.140. The van der Waals surface area contributed by atoms with E-state index >= 15 is 0 Å². The van der Waals surface area contributed by atoms with Gasteiger partial charge in [-0.05, 0) is 42.3 Å². The number of nitrogens with zero attached hydrogens (tertiary/aromatic N) is 5. The highest BCUT2D eigenvalue weighted by atomic mass is 32.1. The Balaban J connectivity index is 1.48. The lowest BCUT2D eigenvalue weighted by Crippen LogP contribution is -2.52. The SMILES string of the molecule is C[C@@H](N1Cc2cc(-c3cccc(C#N)c3)sc2C1=O)[C@](O)(Cn1cncn1)c1ccc(F)cc1F. The summed E-state index contributed by atoms with van der Waals surface area (Å²) in [5.41, 5.74) is 0.0918. The maximum Gasteiger partial charge on any atom is 0.264 e. The Morgan fingerprint density at radius 1 is 1.26 bits per heavy atom. The molecule has 0 aliphatic carbocycles. The second-order valence-electron chi connectivity index (χ2n) is 8.41. The number of rotatable bonds is 6. The van der Waals surface area contributed by atoms with Crippen molar-refractivity contribution in [2.45, 2.75) is 31.7 Å². The van der Waals surface area contributed by atoms with Crippen LogP contribution in [0.4, 0.5) is 8.78 Å². The van der Waals surface area contributed by atoms with Crippen LogP contribution in [0.25, 0.3) is 10.4 Å². The molecule has 0 saturated carbocycles. The maximum absolute atomic E-state index is 14.9. The van der Waals surface area contributed by atoms with Gasteiger partial charge in [-0.25, -0.2) is 18.4 Å². The second kappa shape index (κ2) is 8.69. The van der Waals surface area contributed by atoms with Crippen LogP contribution in [-0.4, -0.2) is 36.7 Å². The van der Waals surface area contributed by atoms with Gasteiger partial charge in [-0.3, -0.25) is 4.79 Å². The van der Waals surface area contributed by atoms with Crippen LogP contribution in [0.1, 0.15) is 33.3 Å². The summed E-state index contributed by atoms with van der Waals surface area (Å²) in [5, 5.41) is 25.0. The number of aromatic nitrogens is 3. The largest absolute Gasteiger partial charge is 0.381 e. The number of amides is 1. The monoisotopic (exact) mass is 491 g/mol. The summed E-state index contributed by atoms with van der Waals surface area (Å²) in [6, 6.07) is 13.2. The molecule has 1 N–H and O–H groups in total. The molecule has 2 atom stereocenters. The summed E-state index contributed by atoms with van der Waals surface area (Å²) >= 11 is 1.31. The summed E-state index contributed by atoms with van der Waals surface area (Å²) in [5.74, 6) is -1.98. The average molecular weight is 492 g/mol. The molecule has 0 fully saturated rings. The molecule has 1 aliphatic rings. The summed E-state index contributed by atoms with van der Waals surface area (Å²) < 4.78 is 29.8. The van der Waals surface area contributed by atoms with E-state index < -0.39 is 23.3 Å². The van der Waals surface area contributed by atoms with Crippen LogP contribution in [0.2, 0.25) is 0 Å². The molecular weight excluding hydrogens is 472 g/mol. The Labute approximate surface area is 203 Å². The van der Waals surface area contributed by atoms with Crippen molar-refractivity contribution in [3.63, 3.8) is 0 Å². The molecule has 2 aromatic heterocycles. The summed E-state index contributed by atoms with van der Waals surface area (Å²) in [4.78, 5) is 20.1. The zero-order valence-electron chi connectivity index (χ0n) is 18.5. The van der Waals surface area contributed by atoms with Gasteiger partial charge in [-0.1, -0.05) is 18.2 Å². The highest BCUT2D eigenvalue weighted by Gasteiger charge is 2.46. The lowest BCUT2D eigenvalue weighted by Gasteiger charge is -2.39. The first kappa shape index (κ1) is 22.8. The number of benzene rings is 2. The number of carbonyl (C=O) groups is 1. The zero-order chi connectivity index (χ0) is 24.7. The smallest absolute Gasteiger partial charge is 0.264 e. The van der Waals surface area contributed by atoms with Gasteiger partial charge in [0.05, 0.1) is 29.1 Å². The van der Waals surface area contributed by atoms with Crippen molar-refractivity contribution in [3.8, 4) is 16.5 Å². The molecule has 0 radical (unpaired) electrons. The molecular formula is C25H19F2N5O2S. The van der Waals surface area contributed by atoms with Gasteiger partial charge in [0.25, 0.3) is 5.91 Å². The molecule has 0 saturated heterocycles. The van der Waals surface area contributed by atoms with Gasteiger partial charge in [-0.15, -0.1) is 11.3 Å². The average Bonchev–Trinajstić information content (AvgIpc) is 3.57. The Morgan fingerprint density at radius 3 is 2.77 bits per heavy atom. The molecule has 1 aliphatic heterocycles. The third-order valence-electron chi connectivity index (χ3n) is 6.31. The van der Waals surface area contributed by atoms with Gasteiger partial charge in [0.15, 0.2) is 0 Å². The molecule has 7 nitrogen and oxygen atoms in total. The van der Waals surface area contributed by atoms with Crippen LogP contribution >= 0.6 is 11.3 Å². The van der Waals surface area contributed by atoms with E-state index in [4.69, 9.17) is 0 Å². The van der Waals surface area contributed by atoms with E-state index in [-0.39, 0.29) is 24.6 Å². The normalized spacial score (nSPS) is 15.5. The Morgan fingerprint density at radius 2 is 2.09 bits per heavy atom. The van der Waals surface area contributed by atoms with E-state index in [9.17, 15) is 23.9 Å². The minimum Gasteiger partial charge on any atom is -0.381 e. The molecule has 0 spiro atoms. The predicted molar refractivity (Wildman–Crippen MR) is 124 cm³/mol. The third kappa shape index (κ3) is 3.99. The molecule has 10 heteroatoms. The molecule has 5 rings (SSSR count). The van der Waals surface area contributed by atoms with E-state index in [0.717, 1.165) is 22.1 Å². The summed E-state index contributed by atoms with van der Waals surface area (Å²) in [7, 11) is 0. The van der Waals surface area contributed by atoms with E-state index in [1.165, 1.54) is 39.6 Å². The summed E-state index contributed by atoms with van der Waals surface area (Å²) in [6.07, 6.45) is 2.66. The molecule has 3 heterocycles. The van der Waals surface area contributed by atoms with Crippen LogP contribution in [0.5, 0.6) is 0 Å². The van der Waals surface area contributed by atoms with Gasteiger partial charge in [0, 0.05) is 23.1 Å². The molecule has 4 aromatic rings. The van der Waals surface area contributed by atoms with Crippen molar-refractivity contribution in [1.29, 1.82) is 5.26 Å². The van der Waals surface area contributed by atoms with Crippen LogP contribution < -0.4 is 0 Å². The van der Waals surface area contributed by atoms with Gasteiger partial charge < -0.3 is 10.0 Å². The van der Waals surface area contributed by atoms with Crippen LogP contribution in [-0.2, 0) is 18.7 Å². The molecule has 0 bridgehead atoms. The Kier molecular flexibility index (Phi) is 5.67. The van der Waals surface area contributed by atoms with E-state index in [1.54, 1.807) is 25.1 Å². The highest BCUT2D eigenvalue weighted by Crippen LogP contribution is 2.41. The number of hydrogen-bond donors (Lipinski definition) is 1. The number of fused-ring (bicyclic) bond motifs is 1. The zero-order valence-corrected chi connectivity index (χ0v) is 19.3. The van der Waals surface area contributed by atoms with Gasteiger partial charge in [0.2, 0.25) is 0 Å². The lowest BCUT2D eigenvalue weighted by molar-refractivity contribution is -0.0556. The first-order chi connectivity index (χ1) is 16.8. The summed E-state index contributed by atoms with van der Waals surface area (Å²) in [6.45, 7) is 1.65. The third-order valence-corrected chi connectivity index (χ3v) is 7.52. The fourth-order valence-electron chi connectivity index (χ4n) is 4.41. The highest BCUT2D eigenvalue weighted by molar-refractivity contribution is 7.17. The number of nitriles is 1. The van der Waals surface area contributed by atoms with E-state index in [1.807, 2.05) is 12.1 Å². The number of halogens is 2. The Bertz CT molecular complexity index is 1460. The molecule has 0 unspecified atom stereocenters. The molecule has 2 aromatic carbocycles. The number of hydrogen-bond acceptors (Lipinski definition) is 6. The van der Waals surface area contributed by atoms with Crippen molar-refractivity contribution in [2.75, 3.05) is 0 Å². The van der Waals surface area contributed by atoms with E-state index in [2.05, 4.69) is 16.2 Å². The van der Waals surface area contributed by atoms with E-state index in [0.29, 0.717) is 16.5 Å². The van der Waals surface area contributed by atoms with Crippen molar-refractivity contribution in [1.82, 2.24) is 19.7 Å². The van der Waals surface area contributed by atoms with Crippen molar-refractivity contribution >= 4 is 17.2 Å². The van der Waals surface area contributed by atoms with Crippen LogP contribution in [0.3, 0.4) is 0 Å². The Hall–Kier alpha value is -3.94. The quantitative estimate of drug-likeness (QED) is 0.438. The second-order valence-corrected chi connectivity index (χ2v) is 9.46. The standard InChI is InChI=1S/C25H19F2N5O2S/c1-15(25(34,12-31-14-29-13-30-31)20-6-5-19(26)9-21(20)27)32-11-18-8-22(35-23(18)24(32)33)17-4-2-3-16(7-17)10-28/h2-9,13-15,34H,11-12H2,1H3/t15-,25-/m1/s1. The topological polar surface area (TPSA) is 95.0 Å². The lowest BCUT2D eigenvalue weighted by atomic mass is 9.85. The van der Waals surface area contributed by atoms with Gasteiger partial charge in [0.1, 0.15) is 29.9 Å². The van der Waals surface area contributed by atoms with Crippen molar-refractivity contribution < 1.29 is 18.7 Å². The first-order valence-corrected chi connectivity index (χ1v) is 11.6. The fraction of sp³-hybridized carbons (Fsp3) is 0.200. The van der Waals surface area contributed by atoms with Crippen molar-refractivity contribution in [2.24, 2.45) is 0 Å². The number of aliphatic hydroxyl groups is 1. The molecule has 1 amide bonds. The number of thiophene rings is 1. The van der Waals surface area contributed by atoms with Crippen LogP contribution in [0, 0.1) is 23.0 Å².